The number of para-hydroxylation sites is 1. The summed E-state index contributed by atoms with van der Waals surface area (Å²) in [6, 6.07) is 15.8. The predicted molar refractivity (Wildman–Crippen MR) is 184 cm³/mol. The molecule has 1 fully saturated rings. The van der Waals surface area contributed by atoms with Gasteiger partial charge in [-0.15, -0.1) is 0 Å². The van der Waals surface area contributed by atoms with Crippen LogP contribution in [-0.4, -0.2) is 93.4 Å². The Morgan fingerprint density at radius 2 is 1.79 bits per heavy atom. The Balaban J connectivity index is 1.38. The van der Waals surface area contributed by atoms with Crippen LogP contribution < -0.4 is 5.73 Å². The van der Waals surface area contributed by atoms with Gasteiger partial charge >= 0.3 is 5.97 Å². The number of hydrogen-bond acceptors (Lipinski definition) is 8. The third kappa shape index (κ3) is 8.45. The smallest absolute Gasteiger partial charge is 0.309 e. The molecule has 3 heterocycles. The number of fused-ring (bicyclic) bond motifs is 3. The van der Waals surface area contributed by atoms with Gasteiger partial charge in [0.2, 0.25) is 11.8 Å². The Kier molecular flexibility index (Phi) is 11.4. The van der Waals surface area contributed by atoms with E-state index in [0.717, 1.165) is 71.1 Å². The second-order valence-corrected chi connectivity index (χ2v) is 12.4. The number of pyridine rings is 1. The molecule has 4 aromatic rings. The lowest BCUT2D eigenvalue weighted by molar-refractivity contribution is -0.140. The molecule has 2 N–H and O–H groups in total. The molecule has 1 aliphatic heterocycles. The van der Waals surface area contributed by atoms with E-state index in [2.05, 4.69) is 27.4 Å². The standard InChI is InChI=1S/C36H47N7O4/c1-4-5-15-31-39-34-35(29-13-6-7-14-30(29)38-36(34)37)43(31)19-10-18-42(24-28-12-8-11-27(22-28)23-33(46)47-3)32(45)25-40-16-9-17-41(21-20-40)26(2)44/h6-8,11-14,22H,4-5,9-10,15-21,23-25H2,1-3H3,(H2,37,38). The van der Waals surface area contributed by atoms with Crippen molar-refractivity contribution >= 4 is 45.5 Å². The zero-order valence-corrected chi connectivity index (χ0v) is 27.9. The van der Waals surface area contributed by atoms with Crippen molar-refractivity contribution in [3.8, 4) is 0 Å². The Hall–Kier alpha value is -4.51. The molecule has 0 unspecified atom stereocenters. The van der Waals surface area contributed by atoms with Crippen molar-refractivity contribution in [1.82, 2.24) is 29.2 Å². The van der Waals surface area contributed by atoms with Crippen molar-refractivity contribution in [2.75, 3.05) is 52.1 Å². The maximum atomic E-state index is 14.0. The highest BCUT2D eigenvalue weighted by Gasteiger charge is 2.23. The van der Waals surface area contributed by atoms with Gasteiger partial charge in [-0.25, -0.2) is 9.97 Å². The van der Waals surface area contributed by atoms with E-state index >= 15 is 0 Å². The van der Waals surface area contributed by atoms with Gasteiger partial charge < -0.3 is 24.8 Å². The molecular weight excluding hydrogens is 594 g/mol. The molecule has 0 radical (unpaired) electrons. The largest absolute Gasteiger partial charge is 0.469 e. The number of aromatic nitrogens is 3. The first kappa shape index (κ1) is 33.8. The highest BCUT2D eigenvalue weighted by Crippen LogP contribution is 2.29. The van der Waals surface area contributed by atoms with E-state index in [1.54, 1.807) is 6.92 Å². The van der Waals surface area contributed by atoms with Crippen LogP contribution in [0.1, 0.15) is 56.5 Å². The first-order valence-electron chi connectivity index (χ1n) is 16.7. The summed E-state index contributed by atoms with van der Waals surface area (Å²) >= 11 is 0. The molecule has 1 aliphatic rings. The molecule has 11 heteroatoms. The maximum Gasteiger partial charge on any atom is 0.309 e. The zero-order chi connectivity index (χ0) is 33.3. The summed E-state index contributed by atoms with van der Waals surface area (Å²) in [7, 11) is 1.38. The maximum absolute atomic E-state index is 14.0. The monoisotopic (exact) mass is 641 g/mol. The number of rotatable bonds is 13. The molecule has 0 spiro atoms. The van der Waals surface area contributed by atoms with Crippen molar-refractivity contribution < 1.29 is 19.1 Å². The van der Waals surface area contributed by atoms with Crippen molar-refractivity contribution in [2.24, 2.45) is 0 Å². The van der Waals surface area contributed by atoms with E-state index in [1.165, 1.54) is 7.11 Å². The van der Waals surface area contributed by atoms with Gasteiger partial charge in [0.1, 0.15) is 11.3 Å². The summed E-state index contributed by atoms with van der Waals surface area (Å²) in [5.74, 6) is 1.23. The number of unbranched alkanes of at least 4 members (excludes halogenated alkanes) is 1. The zero-order valence-electron chi connectivity index (χ0n) is 27.9. The van der Waals surface area contributed by atoms with Gasteiger partial charge in [0.25, 0.3) is 0 Å². The number of anilines is 1. The normalized spacial score (nSPS) is 14.0. The predicted octanol–water partition coefficient (Wildman–Crippen LogP) is 4.20. The van der Waals surface area contributed by atoms with Gasteiger partial charge in [-0.1, -0.05) is 55.8 Å². The molecular formula is C36H47N7O4. The average Bonchev–Trinajstić information content (AvgIpc) is 3.26. The van der Waals surface area contributed by atoms with E-state index < -0.39 is 0 Å². The summed E-state index contributed by atoms with van der Waals surface area (Å²) < 4.78 is 7.14. The van der Waals surface area contributed by atoms with E-state index in [9.17, 15) is 14.4 Å². The molecule has 2 aromatic heterocycles. The molecule has 11 nitrogen and oxygen atoms in total. The number of esters is 1. The fraction of sp³-hybridized carbons (Fsp3) is 0.472. The van der Waals surface area contributed by atoms with Crippen LogP contribution in [-0.2, 0) is 45.1 Å². The first-order chi connectivity index (χ1) is 22.8. The van der Waals surface area contributed by atoms with Gasteiger partial charge in [0, 0.05) is 64.5 Å². The third-order valence-corrected chi connectivity index (χ3v) is 8.94. The topological polar surface area (TPSA) is 127 Å². The Morgan fingerprint density at radius 1 is 0.979 bits per heavy atom. The van der Waals surface area contributed by atoms with Crippen LogP contribution in [0.2, 0.25) is 0 Å². The van der Waals surface area contributed by atoms with Gasteiger partial charge in [0.05, 0.1) is 31.1 Å². The SMILES string of the molecule is CCCCc1nc2c(N)nc3ccccc3c2n1CCCN(Cc1cccc(CC(=O)OC)c1)C(=O)CN1CCCN(C(C)=O)CC1. The van der Waals surface area contributed by atoms with E-state index in [-0.39, 0.29) is 30.7 Å². The van der Waals surface area contributed by atoms with Crippen LogP contribution in [0.4, 0.5) is 5.82 Å². The number of benzene rings is 2. The molecule has 0 aliphatic carbocycles. The molecule has 1 saturated heterocycles. The number of hydrogen-bond donors (Lipinski definition) is 1. The number of aryl methyl sites for hydroxylation is 2. The van der Waals surface area contributed by atoms with Crippen LogP contribution >= 0.6 is 0 Å². The summed E-state index contributed by atoms with van der Waals surface area (Å²) in [6.45, 7) is 8.46. The number of carbonyl (C=O) groups is 3. The lowest BCUT2D eigenvalue weighted by Gasteiger charge is -2.27. The number of nitrogens with zero attached hydrogens (tertiary/aromatic N) is 6. The molecule has 5 rings (SSSR count). The second kappa shape index (κ2) is 15.9. The summed E-state index contributed by atoms with van der Waals surface area (Å²) in [6.07, 6.45) is 4.63. The van der Waals surface area contributed by atoms with E-state index in [1.807, 2.05) is 52.3 Å². The first-order valence-corrected chi connectivity index (χ1v) is 16.7. The third-order valence-electron chi connectivity index (χ3n) is 8.94. The molecule has 0 saturated carbocycles. The van der Waals surface area contributed by atoms with Crippen molar-refractivity contribution in [1.29, 1.82) is 0 Å². The van der Waals surface area contributed by atoms with E-state index in [0.29, 0.717) is 51.5 Å². The highest BCUT2D eigenvalue weighted by atomic mass is 16.5. The molecule has 0 atom stereocenters. The highest BCUT2D eigenvalue weighted by molar-refractivity contribution is 6.06. The Morgan fingerprint density at radius 3 is 2.57 bits per heavy atom. The van der Waals surface area contributed by atoms with Gasteiger partial charge in [-0.3, -0.25) is 19.3 Å². The number of amides is 2. The molecule has 47 heavy (non-hydrogen) atoms. The van der Waals surface area contributed by atoms with Gasteiger partial charge in [0.15, 0.2) is 5.82 Å². The minimum absolute atomic E-state index is 0.0419. The number of methoxy groups -OCH3 is 1. The average molecular weight is 642 g/mol. The number of imidazole rings is 1. The lowest BCUT2D eigenvalue weighted by Crippen LogP contribution is -2.42. The van der Waals surface area contributed by atoms with Gasteiger partial charge in [-0.2, -0.15) is 0 Å². The van der Waals surface area contributed by atoms with Crippen LogP contribution in [0.15, 0.2) is 48.5 Å². The van der Waals surface area contributed by atoms with Crippen molar-refractivity contribution in [3.05, 3.63) is 65.5 Å². The minimum Gasteiger partial charge on any atom is -0.469 e. The number of ether oxygens (including phenoxy) is 1. The molecule has 250 valence electrons. The quantitative estimate of drug-likeness (QED) is 0.215. The number of nitrogen functional groups attached to an aromatic ring is 1. The minimum atomic E-state index is -0.300. The summed E-state index contributed by atoms with van der Waals surface area (Å²) in [5.41, 5.74) is 10.8. The number of nitrogens with two attached hydrogens (primary N) is 1. The fourth-order valence-electron chi connectivity index (χ4n) is 6.42. The van der Waals surface area contributed by atoms with Crippen LogP contribution in [0, 0.1) is 0 Å². The van der Waals surface area contributed by atoms with E-state index in [4.69, 9.17) is 15.5 Å². The van der Waals surface area contributed by atoms with Crippen molar-refractivity contribution in [2.45, 2.75) is 65.5 Å². The van der Waals surface area contributed by atoms with Crippen LogP contribution in [0.25, 0.3) is 21.9 Å². The van der Waals surface area contributed by atoms with Crippen LogP contribution in [0.5, 0.6) is 0 Å². The molecule has 0 bridgehead atoms. The number of carbonyl (C=O) groups excluding carboxylic acids is 3. The Bertz CT molecular complexity index is 1720. The van der Waals surface area contributed by atoms with Crippen molar-refractivity contribution in [3.63, 3.8) is 0 Å². The molecule has 2 aromatic carbocycles. The fourth-order valence-corrected chi connectivity index (χ4v) is 6.42. The Labute approximate surface area is 276 Å². The van der Waals surface area contributed by atoms with Crippen LogP contribution in [0.3, 0.4) is 0 Å². The summed E-state index contributed by atoms with van der Waals surface area (Å²) in [4.78, 5) is 53.4. The lowest BCUT2D eigenvalue weighted by atomic mass is 10.1. The second-order valence-electron chi connectivity index (χ2n) is 12.4. The summed E-state index contributed by atoms with van der Waals surface area (Å²) in [5, 5.41) is 1.02. The van der Waals surface area contributed by atoms with Gasteiger partial charge in [-0.05, 0) is 36.5 Å². The molecule has 2 amide bonds.